The molecule has 4 nitrogen and oxygen atoms in total. The van der Waals surface area contributed by atoms with Gasteiger partial charge in [0, 0.05) is 23.0 Å². The molecule has 0 N–H and O–H groups in total. The third-order valence-electron chi connectivity index (χ3n) is 2.87. The number of halogens is 1. The Morgan fingerprint density at radius 3 is 2.89 bits per heavy atom. The zero-order chi connectivity index (χ0) is 13.0. The van der Waals surface area contributed by atoms with Crippen molar-refractivity contribution in [3.63, 3.8) is 0 Å². The van der Waals surface area contributed by atoms with Gasteiger partial charge in [-0.3, -0.25) is 0 Å². The maximum atomic E-state index is 12.8. The number of hydrogen-bond acceptors (Lipinski definition) is 1. The number of rotatable bonds is 4. The third-order valence-corrected chi connectivity index (χ3v) is 2.87. The second-order valence-electron chi connectivity index (χ2n) is 4.18. The number of fused-ring (bicyclic) bond motifs is 4. The van der Waals surface area contributed by atoms with E-state index in [4.69, 9.17) is 5.53 Å². The molecule has 18 heavy (non-hydrogen) atoms. The normalized spacial score (nSPS) is 10.6. The van der Waals surface area contributed by atoms with Gasteiger partial charge in [-0.15, -0.1) is 0 Å². The molecule has 0 amide bonds. The highest BCUT2D eigenvalue weighted by Gasteiger charge is 2.24. The van der Waals surface area contributed by atoms with Crippen molar-refractivity contribution < 1.29 is 4.39 Å². The van der Waals surface area contributed by atoms with E-state index in [0.29, 0.717) is 6.54 Å². The summed E-state index contributed by atoms with van der Waals surface area (Å²) in [5.74, 6) is -0.116. The molecule has 0 saturated heterocycles. The van der Waals surface area contributed by atoms with Gasteiger partial charge in [0.2, 0.25) is 0 Å². The molecule has 2 aliphatic rings. The number of aromatic nitrogens is 1. The van der Waals surface area contributed by atoms with Gasteiger partial charge < -0.3 is 4.57 Å². The molecule has 2 heterocycles. The molecular weight excluding hydrogens is 231 g/mol. The van der Waals surface area contributed by atoms with E-state index in [0.717, 1.165) is 17.3 Å². The van der Waals surface area contributed by atoms with Crippen LogP contribution < -0.4 is 0 Å². The number of unbranched alkanes of at least 4 members (excludes halogenated alkanes) is 2. The van der Waals surface area contributed by atoms with Crippen molar-refractivity contribution >= 4 is 10.9 Å². The Kier molecular flexibility index (Phi) is 3.85. The molecule has 0 bridgehead atoms. The molecule has 0 radical (unpaired) electrons. The minimum absolute atomic E-state index is 0.116. The van der Waals surface area contributed by atoms with E-state index < -0.39 is 0 Å². The molecule has 0 spiro atoms. The van der Waals surface area contributed by atoms with Crippen LogP contribution in [0.3, 0.4) is 0 Å². The zero-order valence-electron chi connectivity index (χ0n) is 10.3. The summed E-state index contributed by atoms with van der Waals surface area (Å²) in [6.07, 6.45) is 5.31. The molecule has 0 aromatic heterocycles. The largest absolute Gasteiger partial charge is 0.310 e. The summed E-state index contributed by atoms with van der Waals surface area (Å²) in [6, 6.07) is 5.17. The van der Waals surface area contributed by atoms with Gasteiger partial charge in [0.1, 0.15) is 5.82 Å². The highest BCUT2D eigenvalue weighted by atomic mass is 19.1. The first-order valence-electron chi connectivity index (χ1n) is 6.10. The average Bonchev–Trinajstić information content (AvgIpc) is 3.06. The van der Waals surface area contributed by atoms with Crippen LogP contribution in [-0.4, -0.2) is 11.1 Å². The van der Waals surface area contributed by atoms with Crippen LogP contribution in [0.4, 0.5) is 4.39 Å². The summed E-state index contributed by atoms with van der Waals surface area (Å²) in [6.45, 7) is 2.78. The predicted molar refractivity (Wildman–Crippen MR) is 70.3 cm³/mol. The minimum Gasteiger partial charge on any atom is -0.310 e. The van der Waals surface area contributed by atoms with E-state index in [9.17, 15) is 4.39 Å². The molecule has 0 saturated carbocycles. The molecule has 3 rings (SSSR count). The van der Waals surface area contributed by atoms with E-state index in [1.807, 2.05) is 16.8 Å². The Morgan fingerprint density at radius 1 is 1.39 bits per heavy atom. The lowest BCUT2D eigenvalue weighted by Crippen LogP contribution is -1.90. The Bertz CT molecular complexity index is 596. The second-order valence-corrected chi connectivity index (χ2v) is 4.18. The molecule has 94 valence electrons. The van der Waals surface area contributed by atoms with Crippen LogP contribution in [-0.2, 0) is 0 Å². The van der Waals surface area contributed by atoms with Crippen LogP contribution in [0.25, 0.3) is 27.0 Å². The van der Waals surface area contributed by atoms with Crippen molar-refractivity contribution in [2.45, 2.75) is 26.2 Å². The summed E-state index contributed by atoms with van der Waals surface area (Å²) >= 11 is 0. The van der Waals surface area contributed by atoms with Crippen molar-refractivity contribution in [3.8, 4) is 5.69 Å². The third kappa shape index (κ3) is 2.46. The maximum absolute atomic E-state index is 12.8. The van der Waals surface area contributed by atoms with Gasteiger partial charge in [0.25, 0.3) is 0 Å². The highest BCUT2D eigenvalue weighted by Crippen LogP contribution is 2.39. The molecule has 0 aliphatic carbocycles. The fraction of sp³-hybridized carbons (Fsp3) is 0.385. The van der Waals surface area contributed by atoms with Gasteiger partial charge in [0.05, 0.1) is 11.2 Å². The summed E-state index contributed by atoms with van der Waals surface area (Å²) in [4.78, 5) is 2.63. The monoisotopic (exact) mass is 246 g/mol. The van der Waals surface area contributed by atoms with Crippen LogP contribution >= 0.6 is 0 Å². The van der Waals surface area contributed by atoms with Crippen LogP contribution in [0.1, 0.15) is 26.2 Å². The first-order chi connectivity index (χ1) is 8.79. The Labute approximate surface area is 105 Å². The fourth-order valence-corrected chi connectivity index (χ4v) is 1.87. The number of nitrogens with zero attached hydrogens (tertiary/aromatic N) is 4. The van der Waals surface area contributed by atoms with Crippen LogP contribution in [0.15, 0.2) is 29.5 Å². The lowest BCUT2D eigenvalue weighted by molar-refractivity contribution is 0.634. The fourth-order valence-electron chi connectivity index (χ4n) is 1.87. The van der Waals surface area contributed by atoms with E-state index in [-0.39, 0.29) is 5.82 Å². The summed E-state index contributed by atoms with van der Waals surface area (Å²) in [5, 5.41) is 4.45. The number of para-hydroxylation sites is 1. The SMILES string of the molecule is CCCCCN=[N+]=[N-].Fc1cccc2c3cn-3c12. The van der Waals surface area contributed by atoms with Crippen molar-refractivity contribution in [2.75, 3.05) is 6.54 Å². The number of hydrogen-bond donors (Lipinski definition) is 0. The quantitative estimate of drug-likeness (QED) is 0.280. The van der Waals surface area contributed by atoms with Gasteiger partial charge in [-0.2, -0.15) is 0 Å². The summed E-state index contributed by atoms with van der Waals surface area (Å²) < 4.78 is 14.7. The minimum atomic E-state index is -0.116. The maximum Gasteiger partial charge on any atom is 0.147 e. The van der Waals surface area contributed by atoms with Crippen LogP contribution in [0.5, 0.6) is 0 Å². The summed E-state index contributed by atoms with van der Waals surface area (Å²) in [5.41, 5.74) is 9.75. The van der Waals surface area contributed by atoms with E-state index >= 15 is 0 Å². The van der Waals surface area contributed by atoms with Gasteiger partial charge in [-0.1, -0.05) is 37.0 Å². The molecule has 1 aromatic rings. The molecule has 0 unspecified atom stereocenters. The second kappa shape index (κ2) is 5.56. The molecule has 0 fully saturated rings. The smallest absolute Gasteiger partial charge is 0.147 e. The lowest BCUT2D eigenvalue weighted by atomic mass is 10.2. The Hall–Kier alpha value is -2.00. The van der Waals surface area contributed by atoms with Gasteiger partial charge in [-0.25, -0.2) is 4.39 Å². The Morgan fingerprint density at radius 2 is 2.22 bits per heavy atom. The van der Waals surface area contributed by atoms with Gasteiger partial charge in [0.15, 0.2) is 0 Å². The van der Waals surface area contributed by atoms with Crippen molar-refractivity contribution in [2.24, 2.45) is 5.11 Å². The van der Waals surface area contributed by atoms with Crippen molar-refractivity contribution in [1.29, 1.82) is 0 Å². The van der Waals surface area contributed by atoms with Crippen LogP contribution in [0, 0.1) is 5.82 Å². The first-order valence-corrected chi connectivity index (χ1v) is 6.10. The Balaban J connectivity index is 0.000000139. The zero-order valence-corrected chi connectivity index (χ0v) is 10.3. The first kappa shape index (κ1) is 12.5. The highest BCUT2D eigenvalue weighted by molar-refractivity contribution is 6.00. The number of azide groups is 1. The molecular formula is C13H15FN4. The molecule has 5 heteroatoms. The topological polar surface area (TPSA) is 53.7 Å². The molecule has 1 aromatic carbocycles. The summed E-state index contributed by atoms with van der Waals surface area (Å²) in [7, 11) is 0. The van der Waals surface area contributed by atoms with E-state index in [2.05, 4.69) is 16.9 Å². The molecule has 0 atom stereocenters. The standard InChI is InChI=1S/C8H4FN.C5H11N3/c9-6-3-1-2-5-7-4-10(7)8(5)6;1-2-3-4-5-7-8-6/h1-4H;2-5H2,1H3. The van der Waals surface area contributed by atoms with Crippen molar-refractivity contribution in [1.82, 2.24) is 4.57 Å². The number of benzene rings is 1. The average molecular weight is 246 g/mol. The van der Waals surface area contributed by atoms with E-state index in [1.54, 1.807) is 6.07 Å². The van der Waals surface area contributed by atoms with Gasteiger partial charge >= 0.3 is 0 Å². The molecule has 2 aliphatic heterocycles. The van der Waals surface area contributed by atoms with Crippen LogP contribution in [0.2, 0.25) is 0 Å². The van der Waals surface area contributed by atoms with Gasteiger partial charge in [-0.05, 0) is 18.0 Å². The van der Waals surface area contributed by atoms with Crippen molar-refractivity contribution in [3.05, 3.63) is 40.7 Å². The van der Waals surface area contributed by atoms with E-state index in [1.165, 1.54) is 24.6 Å². The lowest BCUT2D eigenvalue weighted by Gasteiger charge is -2.04. The predicted octanol–water partition coefficient (Wildman–Crippen LogP) is 4.57.